The average molecular weight is 566 g/mol. The maximum Gasteiger partial charge on any atom is 0.422 e. The van der Waals surface area contributed by atoms with E-state index in [1.807, 2.05) is 0 Å². The van der Waals surface area contributed by atoms with Gasteiger partial charge in [0.05, 0.1) is 10.3 Å². The fraction of sp³-hybridized carbons (Fsp3) is 0.391. The van der Waals surface area contributed by atoms with Gasteiger partial charge in [-0.2, -0.15) is 0 Å². The molecule has 2 aromatic heterocycles. The van der Waals surface area contributed by atoms with Gasteiger partial charge in [0, 0.05) is 23.4 Å². The molecule has 0 saturated heterocycles. The topological polar surface area (TPSA) is 116 Å². The van der Waals surface area contributed by atoms with Crippen LogP contribution in [0.5, 0.6) is 0 Å². The van der Waals surface area contributed by atoms with Crippen LogP contribution >= 0.6 is 15.9 Å². The predicted octanol–water partition coefficient (Wildman–Crippen LogP) is 5.61. The van der Waals surface area contributed by atoms with Gasteiger partial charge in [0.15, 0.2) is 16.6 Å². The third-order valence-electron chi connectivity index (χ3n) is 4.32. The van der Waals surface area contributed by atoms with E-state index < -0.39 is 34.4 Å². The van der Waals surface area contributed by atoms with Crippen molar-refractivity contribution in [3.8, 4) is 0 Å². The van der Waals surface area contributed by atoms with Gasteiger partial charge < -0.3 is 14.8 Å². The van der Waals surface area contributed by atoms with Crippen LogP contribution in [0.4, 0.5) is 21.1 Å². The summed E-state index contributed by atoms with van der Waals surface area (Å²) in [5.41, 5.74) is -0.449. The van der Waals surface area contributed by atoms with Crippen molar-refractivity contribution in [1.82, 2.24) is 18.8 Å². The summed E-state index contributed by atoms with van der Waals surface area (Å²) in [7, 11) is -0.382. The van der Waals surface area contributed by atoms with Crippen molar-refractivity contribution in [2.75, 3.05) is 12.4 Å². The molecule has 10 nitrogen and oxygen atoms in total. The Bertz CT molecular complexity index is 1300. The van der Waals surface area contributed by atoms with Gasteiger partial charge in [-0.3, -0.25) is 0 Å². The van der Waals surface area contributed by atoms with Gasteiger partial charge in [-0.1, -0.05) is 6.07 Å². The Morgan fingerprint density at radius 1 is 1.09 bits per heavy atom. The van der Waals surface area contributed by atoms with Crippen molar-refractivity contribution in [2.45, 2.75) is 57.6 Å². The maximum atomic E-state index is 13.0. The molecular weight excluding hydrogens is 538 g/mol. The van der Waals surface area contributed by atoms with E-state index in [1.165, 1.54) is 17.9 Å². The zero-order chi connectivity index (χ0) is 26.1. The van der Waals surface area contributed by atoms with Crippen molar-refractivity contribution in [3.05, 3.63) is 41.3 Å². The molecule has 0 aliphatic carbocycles. The van der Waals surface area contributed by atoms with E-state index in [1.54, 1.807) is 72.0 Å². The predicted molar refractivity (Wildman–Crippen MR) is 137 cm³/mol. The minimum atomic E-state index is -1.79. The number of halogens is 1. The van der Waals surface area contributed by atoms with E-state index in [9.17, 15) is 13.8 Å². The molecule has 12 heteroatoms. The zero-order valence-corrected chi connectivity index (χ0v) is 23.0. The van der Waals surface area contributed by atoms with Crippen LogP contribution in [0.25, 0.3) is 11.0 Å². The van der Waals surface area contributed by atoms with E-state index >= 15 is 0 Å². The summed E-state index contributed by atoms with van der Waals surface area (Å²) in [4.78, 5) is 33.9. The van der Waals surface area contributed by atoms with Gasteiger partial charge in [-0.25, -0.2) is 32.6 Å². The Kier molecular flexibility index (Phi) is 7.56. The Hall–Kier alpha value is -2.99. The van der Waals surface area contributed by atoms with Gasteiger partial charge in [0.2, 0.25) is 0 Å². The quantitative estimate of drug-likeness (QED) is 0.433. The summed E-state index contributed by atoms with van der Waals surface area (Å²) >= 11 is 3.47. The summed E-state index contributed by atoms with van der Waals surface area (Å²) in [5, 5.41) is 3.74. The van der Waals surface area contributed by atoms with E-state index in [-0.39, 0.29) is 0 Å². The van der Waals surface area contributed by atoms with Crippen LogP contribution in [0.2, 0.25) is 0 Å². The Balaban J connectivity index is 1.89. The smallest absolute Gasteiger partial charge is 0.422 e. The Morgan fingerprint density at radius 3 is 2.37 bits per heavy atom. The molecule has 0 radical (unpaired) electrons. The van der Waals surface area contributed by atoms with Crippen LogP contribution in [0.3, 0.4) is 0 Å². The molecule has 0 saturated carbocycles. The summed E-state index contributed by atoms with van der Waals surface area (Å²) in [6.07, 6.45) is 1.63. The maximum absolute atomic E-state index is 13.0. The van der Waals surface area contributed by atoms with Gasteiger partial charge >= 0.3 is 12.2 Å². The van der Waals surface area contributed by atoms with Crippen molar-refractivity contribution in [3.63, 3.8) is 0 Å². The number of nitrogens with zero attached hydrogens (tertiary/aromatic N) is 4. The lowest BCUT2D eigenvalue weighted by Crippen LogP contribution is -2.35. The minimum absolute atomic E-state index is 0.355. The number of carbonyl (C=O) groups excluding carboxylic acids is 2. The molecular formula is C23H28BrN5O5S. The Morgan fingerprint density at radius 2 is 1.74 bits per heavy atom. The largest absolute Gasteiger partial charge is 0.443 e. The summed E-state index contributed by atoms with van der Waals surface area (Å²) < 4.78 is 26.6. The van der Waals surface area contributed by atoms with Gasteiger partial charge in [-0.05, 0) is 75.7 Å². The second-order valence-corrected chi connectivity index (χ2v) is 12.0. The van der Waals surface area contributed by atoms with Crippen molar-refractivity contribution in [2.24, 2.45) is 0 Å². The molecule has 1 aromatic carbocycles. The van der Waals surface area contributed by atoms with Crippen molar-refractivity contribution >= 4 is 61.6 Å². The fourth-order valence-electron chi connectivity index (χ4n) is 2.93. The summed E-state index contributed by atoms with van der Waals surface area (Å²) in [6, 6.07) is 6.76. The number of benzene rings is 1. The first-order chi connectivity index (χ1) is 16.2. The number of amides is 1. The normalized spacial score (nSPS) is 12.8. The van der Waals surface area contributed by atoms with E-state index in [0.29, 0.717) is 31.9 Å². The number of hydrogen-bond donors (Lipinski definition) is 1. The van der Waals surface area contributed by atoms with Gasteiger partial charge in [0.25, 0.3) is 0 Å². The van der Waals surface area contributed by atoms with Crippen LogP contribution in [-0.2, 0) is 20.5 Å². The molecule has 1 amide bonds. The molecule has 0 fully saturated rings. The van der Waals surface area contributed by atoms with Crippen LogP contribution < -0.4 is 5.32 Å². The summed E-state index contributed by atoms with van der Waals surface area (Å²) in [6.45, 7) is 10.6. The van der Waals surface area contributed by atoms with E-state index in [4.69, 9.17) is 9.47 Å². The molecule has 1 N–H and O–H groups in total. The number of nitrogens with one attached hydrogen (secondary N) is 1. The molecule has 3 rings (SSSR count). The highest BCUT2D eigenvalue weighted by molar-refractivity contribution is 9.10. The molecule has 0 spiro atoms. The SMILES string of the molecule is CN(C(=O)OC(C)(C)C)S(=O)c1cccc(Nc2ncnc3c2c(Br)cn3C(=O)OC(C)(C)C)c1. The highest BCUT2D eigenvalue weighted by Gasteiger charge is 2.25. The second-order valence-electron chi connectivity index (χ2n) is 9.63. The third-order valence-corrected chi connectivity index (χ3v) is 6.23. The number of hydrogen-bond acceptors (Lipinski definition) is 8. The van der Waals surface area contributed by atoms with Gasteiger partial charge in [-0.15, -0.1) is 0 Å². The number of carbonyl (C=O) groups is 2. The lowest BCUT2D eigenvalue weighted by Gasteiger charge is -2.24. The van der Waals surface area contributed by atoms with Gasteiger partial charge in [0.1, 0.15) is 23.3 Å². The van der Waals surface area contributed by atoms with Crippen LogP contribution in [0.1, 0.15) is 41.5 Å². The molecule has 1 atom stereocenters. The van der Waals surface area contributed by atoms with E-state index in [0.717, 1.165) is 4.31 Å². The second kappa shape index (κ2) is 9.94. The monoisotopic (exact) mass is 565 g/mol. The molecule has 35 heavy (non-hydrogen) atoms. The Labute approximate surface area is 214 Å². The average Bonchev–Trinajstić information content (AvgIpc) is 3.08. The molecule has 0 bridgehead atoms. The molecule has 2 heterocycles. The first-order valence-corrected chi connectivity index (χ1v) is 12.6. The first kappa shape index (κ1) is 26.6. The third kappa shape index (κ3) is 6.57. The number of ether oxygens (including phenoxy) is 2. The van der Waals surface area contributed by atoms with Crippen molar-refractivity contribution < 1.29 is 23.3 Å². The highest BCUT2D eigenvalue weighted by atomic mass is 79.9. The number of fused-ring (bicyclic) bond motifs is 1. The zero-order valence-electron chi connectivity index (χ0n) is 20.6. The first-order valence-electron chi connectivity index (χ1n) is 10.7. The van der Waals surface area contributed by atoms with E-state index in [2.05, 4.69) is 31.2 Å². The fourth-order valence-corrected chi connectivity index (χ4v) is 4.42. The molecule has 0 aliphatic heterocycles. The molecule has 188 valence electrons. The highest BCUT2D eigenvalue weighted by Crippen LogP contribution is 2.32. The lowest BCUT2D eigenvalue weighted by molar-refractivity contribution is 0.0425. The summed E-state index contributed by atoms with van der Waals surface area (Å²) in [5.74, 6) is 0.424. The lowest BCUT2D eigenvalue weighted by atomic mass is 10.2. The molecule has 0 aliphatic rings. The number of aromatic nitrogens is 3. The molecule has 3 aromatic rings. The van der Waals surface area contributed by atoms with Crippen LogP contribution in [0, 0.1) is 0 Å². The minimum Gasteiger partial charge on any atom is -0.443 e. The molecule has 1 unspecified atom stereocenters. The van der Waals surface area contributed by atoms with Crippen molar-refractivity contribution in [1.29, 1.82) is 0 Å². The number of rotatable bonds is 4. The van der Waals surface area contributed by atoms with Crippen LogP contribution in [-0.4, -0.2) is 53.5 Å². The van der Waals surface area contributed by atoms with Crippen LogP contribution in [0.15, 0.2) is 46.2 Å². The number of anilines is 2. The standard InChI is InChI=1S/C23H28BrN5O5S/c1-22(2,3)33-20(30)28(7)35(32)15-10-8-9-14(11-15)27-18-17-16(24)12-29(19(17)26-13-25-18)21(31)34-23(4,5)6/h8-13H,1-7H3,(H,25,26,27).